The SMILES string of the molecule is CCCN(Cc1ccc(Oc2ccccc2)cc1)C(=O)C1C(CC(=O)O)C(Cc2nn[nH]n2)C1C(=O)N(CCC)Cc1ccc(Oc2ccccc2)cc1. The molecule has 12 heteroatoms. The van der Waals surface area contributed by atoms with Crippen LogP contribution in [0.4, 0.5) is 0 Å². The number of carbonyl (C=O) groups excluding carboxylic acids is 2. The molecule has 1 saturated carbocycles. The molecule has 2 amide bonds. The van der Waals surface area contributed by atoms with Gasteiger partial charge in [0.2, 0.25) is 11.8 Å². The lowest BCUT2D eigenvalue weighted by molar-refractivity contribution is -0.171. The van der Waals surface area contributed by atoms with Gasteiger partial charge in [-0.25, -0.2) is 0 Å². The molecule has 4 aromatic carbocycles. The van der Waals surface area contributed by atoms with Gasteiger partial charge in [0.05, 0.1) is 11.8 Å². The first-order chi connectivity index (χ1) is 26.3. The minimum Gasteiger partial charge on any atom is -0.481 e. The van der Waals surface area contributed by atoms with Crippen molar-refractivity contribution in [1.82, 2.24) is 30.4 Å². The van der Waals surface area contributed by atoms with Crippen molar-refractivity contribution in [1.29, 1.82) is 0 Å². The number of tetrazole rings is 1. The number of H-pyrrole nitrogens is 1. The summed E-state index contributed by atoms with van der Waals surface area (Å²) >= 11 is 0. The molecule has 12 nitrogen and oxygen atoms in total. The number of amides is 2. The third-order valence-corrected chi connectivity index (χ3v) is 9.81. The first-order valence-electron chi connectivity index (χ1n) is 18.5. The Bertz CT molecular complexity index is 1940. The molecule has 0 bridgehead atoms. The van der Waals surface area contributed by atoms with Gasteiger partial charge in [-0.3, -0.25) is 14.4 Å². The highest BCUT2D eigenvalue weighted by atomic mass is 16.5. The molecule has 1 aliphatic rings. The second kappa shape index (κ2) is 18.1. The van der Waals surface area contributed by atoms with Gasteiger partial charge in [0, 0.05) is 39.0 Å². The molecule has 280 valence electrons. The molecule has 0 radical (unpaired) electrons. The molecule has 0 aliphatic heterocycles. The Kier molecular flexibility index (Phi) is 12.7. The first-order valence-corrected chi connectivity index (χ1v) is 18.5. The van der Waals surface area contributed by atoms with Crippen LogP contribution in [0.2, 0.25) is 0 Å². The summed E-state index contributed by atoms with van der Waals surface area (Å²) in [6, 6.07) is 34.2. The normalized spacial score (nSPS) is 17.6. The van der Waals surface area contributed by atoms with Crippen molar-refractivity contribution >= 4 is 17.8 Å². The van der Waals surface area contributed by atoms with E-state index in [1.165, 1.54) is 0 Å². The average Bonchev–Trinajstić information content (AvgIpc) is 3.70. The van der Waals surface area contributed by atoms with Gasteiger partial charge in [0.1, 0.15) is 23.0 Å². The van der Waals surface area contributed by atoms with Crippen LogP contribution in [0.15, 0.2) is 109 Å². The Hall–Kier alpha value is -6.04. The Labute approximate surface area is 315 Å². The summed E-state index contributed by atoms with van der Waals surface area (Å²) in [6.45, 7) is 5.54. The highest BCUT2D eigenvalue weighted by Gasteiger charge is 2.59. The number of carboxylic acid groups (broad SMARTS) is 1. The predicted molar refractivity (Wildman–Crippen MR) is 201 cm³/mol. The largest absolute Gasteiger partial charge is 0.481 e. The van der Waals surface area contributed by atoms with Crippen LogP contribution in [0, 0.1) is 23.7 Å². The van der Waals surface area contributed by atoms with E-state index in [1.54, 1.807) is 9.80 Å². The number of para-hydroxylation sites is 2. The fourth-order valence-corrected chi connectivity index (χ4v) is 7.34. The van der Waals surface area contributed by atoms with Crippen molar-refractivity contribution in [3.8, 4) is 23.0 Å². The Morgan fingerprint density at radius 1 is 0.648 bits per heavy atom. The molecule has 1 heterocycles. The Morgan fingerprint density at radius 3 is 1.50 bits per heavy atom. The number of rotatable bonds is 18. The zero-order valence-electron chi connectivity index (χ0n) is 30.6. The van der Waals surface area contributed by atoms with E-state index in [2.05, 4.69) is 20.6 Å². The maximum absolute atomic E-state index is 14.7. The molecule has 1 aromatic heterocycles. The Morgan fingerprint density at radius 2 is 1.09 bits per heavy atom. The molecule has 4 atom stereocenters. The standard InChI is InChI=1S/C42H46N6O6/c1-3-23-47(27-29-15-19-33(20-16-29)53-31-11-7-5-8-12-31)41(51)39-35(25-37-43-45-46-44-37)36(26-38(49)50)40(39)42(52)48(24-4-2)28-30-17-21-34(22-18-30)54-32-13-9-6-10-14-32/h5-22,35-36,39-40H,3-4,23-28H2,1-2H3,(H,49,50)(H,43,44,45,46). The zero-order chi connectivity index (χ0) is 37.9. The summed E-state index contributed by atoms with van der Waals surface area (Å²) < 4.78 is 11.9. The van der Waals surface area contributed by atoms with Crippen LogP contribution in [0.3, 0.4) is 0 Å². The van der Waals surface area contributed by atoms with Gasteiger partial charge in [0.25, 0.3) is 0 Å². The fraction of sp³-hybridized carbons (Fsp3) is 0.333. The molecule has 4 unspecified atom stereocenters. The number of hydrogen-bond donors (Lipinski definition) is 2. The second-order valence-corrected chi connectivity index (χ2v) is 13.6. The summed E-state index contributed by atoms with van der Waals surface area (Å²) in [5.41, 5.74) is 1.80. The molecule has 54 heavy (non-hydrogen) atoms. The van der Waals surface area contributed by atoms with Crippen molar-refractivity contribution < 1.29 is 29.0 Å². The van der Waals surface area contributed by atoms with Crippen LogP contribution in [-0.4, -0.2) is 66.4 Å². The quantitative estimate of drug-likeness (QED) is 0.0958. The Balaban J connectivity index is 1.24. The van der Waals surface area contributed by atoms with Gasteiger partial charge in [-0.2, -0.15) is 5.21 Å². The van der Waals surface area contributed by atoms with Crippen molar-refractivity contribution in [2.75, 3.05) is 13.1 Å². The maximum atomic E-state index is 14.7. The van der Waals surface area contributed by atoms with E-state index in [1.807, 2.05) is 123 Å². The number of hydrogen-bond acceptors (Lipinski definition) is 8. The lowest BCUT2D eigenvalue weighted by Crippen LogP contribution is -2.61. The smallest absolute Gasteiger partial charge is 0.303 e. The maximum Gasteiger partial charge on any atom is 0.303 e. The fourth-order valence-electron chi connectivity index (χ4n) is 7.34. The third kappa shape index (κ3) is 9.49. The van der Waals surface area contributed by atoms with Crippen LogP contribution in [0.5, 0.6) is 23.0 Å². The van der Waals surface area contributed by atoms with E-state index < -0.39 is 29.6 Å². The lowest BCUT2D eigenvalue weighted by atomic mass is 9.53. The molecule has 1 aliphatic carbocycles. The average molecular weight is 731 g/mol. The van der Waals surface area contributed by atoms with E-state index in [9.17, 15) is 19.5 Å². The lowest BCUT2D eigenvalue weighted by Gasteiger charge is -2.52. The molecule has 2 N–H and O–H groups in total. The second-order valence-electron chi connectivity index (χ2n) is 13.6. The van der Waals surface area contributed by atoms with Crippen molar-refractivity contribution in [3.05, 3.63) is 126 Å². The third-order valence-electron chi connectivity index (χ3n) is 9.81. The van der Waals surface area contributed by atoms with Gasteiger partial charge in [-0.1, -0.05) is 79.7 Å². The van der Waals surface area contributed by atoms with Gasteiger partial charge >= 0.3 is 5.97 Å². The molecular formula is C42H46N6O6. The number of nitrogens with zero attached hydrogens (tertiary/aromatic N) is 5. The summed E-state index contributed by atoms with van der Waals surface area (Å²) in [7, 11) is 0. The van der Waals surface area contributed by atoms with Crippen LogP contribution < -0.4 is 9.47 Å². The number of benzene rings is 4. The number of nitrogens with one attached hydrogen (secondary N) is 1. The van der Waals surface area contributed by atoms with Gasteiger partial charge in [0.15, 0.2) is 5.82 Å². The van der Waals surface area contributed by atoms with Gasteiger partial charge in [-0.15, -0.1) is 10.2 Å². The number of aromatic amines is 1. The van der Waals surface area contributed by atoms with E-state index in [4.69, 9.17) is 9.47 Å². The minimum absolute atomic E-state index is 0.186. The highest BCUT2D eigenvalue weighted by molar-refractivity contribution is 5.91. The number of aliphatic carboxylic acids is 1. The molecule has 0 saturated heterocycles. The van der Waals surface area contributed by atoms with Crippen LogP contribution in [0.1, 0.15) is 50.1 Å². The molecule has 6 rings (SSSR count). The van der Waals surface area contributed by atoms with Crippen molar-refractivity contribution in [2.45, 2.75) is 52.6 Å². The predicted octanol–water partition coefficient (Wildman–Crippen LogP) is 7.16. The molecule has 5 aromatic rings. The van der Waals surface area contributed by atoms with E-state index in [0.717, 1.165) is 22.6 Å². The summed E-state index contributed by atoms with van der Waals surface area (Å²) in [5.74, 6) is -0.948. The van der Waals surface area contributed by atoms with Crippen molar-refractivity contribution in [2.24, 2.45) is 23.7 Å². The topological polar surface area (TPSA) is 151 Å². The number of carbonyl (C=O) groups is 3. The van der Waals surface area contributed by atoms with E-state index in [-0.39, 0.29) is 24.7 Å². The molecule has 1 fully saturated rings. The van der Waals surface area contributed by atoms with Crippen LogP contribution in [0.25, 0.3) is 0 Å². The highest BCUT2D eigenvalue weighted by Crippen LogP contribution is 2.51. The van der Waals surface area contributed by atoms with Gasteiger partial charge in [-0.05, 0) is 84.3 Å². The van der Waals surface area contributed by atoms with Crippen molar-refractivity contribution in [3.63, 3.8) is 0 Å². The summed E-state index contributed by atoms with van der Waals surface area (Å²) in [6.07, 6.45) is 1.35. The summed E-state index contributed by atoms with van der Waals surface area (Å²) in [5, 5.41) is 24.4. The first kappa shape index (κ1) is 37.7. The van der Waals surface area contributed by atoms with E-state index >= 15 is 0 Å². The molecule has 0 spiro atoms. The summed E-state index contributed by atoms with van der Waals surface area (Å²) in [4.78, 5) is 45.2. The number of aromatic nitrogens is 4. The minimum atomic E-state index is -1.03. The van der Waals surface area contributed by atoms with Crippen LogP contribution in [-0.2, 0) is 33.9 Å². The zero-order valence-corrected chi connectivity index (χ0v) is 30.6. The van der Waals surface area contributed by atoms with Gasteiger partial charge < -0.3 is 24.4 Å². The number of carboxylic acids is 1. The van der Waals surface area contributed by atoms with Crippen LogP contribution >= 0.6 is 0 Å². The number of ether oxygens (including phenoxy) is 2. The molecular weight excluding hydrogens is 684 g/mol. The monoisotopic (exact) mass is 730 g/mol. The van der Waals surface area contributed by atoms with E-state index in [0.29, 0.717) is 56.3 Å².